The van der Waals surface area contributed by atoms with Crippen molar-refractivity contribution in [2.45, 2.75) is 83.7 Å². The van der Waals surface area contributed by atoms with Crippen LogP contribution in [-0.4, -0.2) is 6.88 Å². The summed E-state index contributed by atoms with van der Waals surface area (Å²) < 4.78 is 7.51. The average Bonchev–Trinajstić information content (AvgIpc) is 3.00. The van der Waals surface area contributed by atoms with Gasteiger partial charge in [-0.25, -0.2) is 0 Å². The van der Waals surface area contributed by atoms with E-state index in [0.29, 0.717) is 0 Å². The summed E-state index contributed by atoms with van der Waals surface area (Å²) in [6.45, 7) is 17.7. The molecule has 2 fully saturated rings. The smallest absolute Gasteiger partial charge is 0.147 e. The third-order valence-electron chi connectivity index (χ3n) is 10.4. The van der Waals surface area contributed by atoms with E-state index in [-0.39, 0.29) is 24.8 Å². The minimum atomic E-state index is -3.18. The van der Waals surface area contributed by atoms with Crippen molar-refractivity contribution in [3.05, 3.63) is 47.6 Å². The number of halogens is 2. The molecule has 0 nitrogen and oxygen atoms in total. The second kappa shape index (κ2) is 11.2. The van der Waals surface area contributed by atoms with E-state index in [1.807, 2.05) is 11.1 Å². The molecular formula is C30H52Cl2SiZr. The van der Waals surface area contributed by atoms with Crippen LogP contribution in [0.3, 0.4) is 0 Å². The second-order valence-corrected chi connectivity index (χ2v) is 44.7. The summed E-state index contributed by atoms with van der Waals surface area (Å²) in [5.74, 6) is 6.57. The van der Waals surface area contributed by atoms with E-state index < -0.39 is 17.4 Å². The molecule has 8 atom stereocenters. The Bertz CT molecular complexity index is 850. The van der Waals surface area contributed by atoms with Gasteiger partial charge in [-0.3, -0.25) is 0 Å². The van der Waals surface area contributed by atoms with Crippen molar-refractivity contribution in [1.29, 1.82) is 0 Å². The van der Waals surface area contributed by atoms with Crippen LogP contribution in [0, 0.1) is 47.3 Å². The zero-order valence-corrected chi connectivity index (χ0v) is 28.6. The van der Waals surface area contributed by atoms with Gasteiger partial charge in [0.05, 0.1) is 0 Å². The molecule has 194 valence electrons. The molecular weight excluding hydrogens is 551 g/mol. The normalized spacial score (nSPS) is 37.7. The van der Waals surface area contributed by atoms with Gasteiger partial charge in [-0.2, -0.15) is 0 Å². The minimum Gasteiger partial charge on any atom is -0.147 e. The van der Waals surface area contributed by atoms with Gasteiger partial charge in [0.1, 0.15) is 0 Å². The molecule has 0 aromatic rings. The third-order valence-corrected chi connectivity index (χ3v) is 30.1. The predicted octanol–water partition coefficient (Wildman–Crippen LogP) is 9.37. The first kappa shape index (κ1) is 30.9. The van der Waals surface area contributed by atoms with E-state index in [1.165, 1.54) is 25.7 Å². The molecule has 0 aliphatic heterocycles. The summed E-state index contributed by atoms with van der Waals surface area (Å²) in [5.41, 5.74) is 3.77. The Hall–Kier alpha value is 0.640. The maximum Gasteiger partial charge on any atom is -0.147 e. The van der Waals surface area contributed by atoms with Gasteiger partial charge >= 0.3 is 203 Å². The number of hydrogen-bond acceptors (Lipinski definition) is 0. The molecule has 4 rings (SSSR count). The molecule has 0 heterocycles. The van der Waals surface area contributed by atoms with Gasteiger partial charge in [0, 0.05) is 0 Å². The maximum absolute atomic E-state index is 3.18. The molecule has 0 saturated heterocycles. The fraction of sp³-hybridized carbons (Fsp3) is 0.733. The molecule has 0 spiro atoms. The monoisotopic (exact) mass is 600 g/mol. The van der Waals surface area contributed by atoms with E-state index in [1.54, 1.807) is 0 Å². The molecule has 0 aromatic heterocycles. The Morgan fingerprint density at radius 3 is 1.41 bits per heavy atom. The first-order chi connectivity index (χ1) is 14.9. The summed E-state index contributed by atoms with van der Waals surface area (Å²) in [6, 6.07) is 0. The maximum atomic E-state index is 2.88. The molecule has 0 aromatic carbocycles. The summed E-state index contributed by atoms with van der Waals surface area (Å²) in [6.07, 6.45) is 20.5. The van der Waals surface area contributed by atoms with Crippen molar-refractivity contribution >= 4 is 31.7 Å². The Kier molecular flexibility index (Phi) is 10.1. The van der Waals surface area contributed by atoms with Crippen molar-refractivity contribution < 1.29 is 17.4 Å². The van der Waals surface area contributed by atoms with E-state index in [0.717, 1.165) is 54.6 Å². The average molecular weight is 603 g/mol. The van der Waals surface area contributed by atoms with E-state index in [2.05, 4.69) is 94.1 Å². The summed E-state index contributed by atoms with van der Waals surface area (Å²) in [5, 5.41) is 0. The van der Waals surface area contributed by atoms with Crippen LogP contribution < -0.4 is 0 Å². The summed E-state index contributed by atoms with van der Waals surface area (Å²) in [7, 11) is 0. The fourth-order valence-corrected chi connectivity index (χ4v) is 34.8. The van der Waals surface area contributed by atoms with Gasteiger partial charge in [0.15, 0.2) is 0 Å². The molecule has 34 heavy (non-hydrogen) atoms. The van der Waals surface area contributed by atoms with Gasteiger partial charge in [0.2, 0.25) is 0 Å². The number of rotatable bonds is 4. The van der Waals surface area contributed by atoms with Crippen molar-refractivity contribution in [2.75, 3.05) is 0 Å². The van der Waals surface area contributed by atoms with Crippen molar-refractivity contribution in [3.63, 3.8) is 0 Å². The van der Waals surface area contributed by atoms with Crippen LogP contribution in [0.25, 0.3) is 0 Å². The minimum absolute atomic E-state index is 0. The van der Waals surface area contributed by atoms with Crippen LogP contribution >= 0.6 is 24.8 Å². The van der Waals surface area contributed by atoms with Gasteiger partial charge in [0.25, 0.3) is 0 Å². The quantitative estimate of drug-likeness (QED) is 0.281. The van der Waals surface area contributed by atoms with E-state index in [9.17, 15) is 0 Å². The molecule has 2 saturated carbocycles. The van der Waals surface area contributed by atoms with Crippen molar-refractivity contribution in [2.24, 2.45) is 47.3 Å². The Morgan fingerprint density at radius 2 is 1.09 bits per heavy atom. The third kappa shape index (κ3) is 5.28. The van der Waals surface area contributed by atoms with Crippen molar-refractivity contribution in [1.82, 2.24) is 0 Å². The molecule has 0 radical (unpaired) electrons. The molecule has 4 heteroatoms. The standard InChI is InChI=1S/2C14H21.2CH3.2ClH.H2Si.Zr/c2*1-10(2)13-7-5-4-6-12-8-11(3)9-14(12)13;;;;;;/h2*4-6,8,10-11,13-14H,7,9H2,1-3H3;2*1H3;2*1H;1H2;. The summed E-state index contributed by atoms with van der Waals surface area (Å²) in [4.78, 5) is 0. The fourth-order valence-electron chi connectivity index (χ4n) is 9.55. The SMILES string of the molecule is CC(C)C1CC=CC=C2C1CC(C)[CH]2[Zr]([CH3])([CH3])(=[SiH2])[CH]1C2=CC=CCC(C(C)C)C2CC1C.Cl.Cl. The van der Waals surface area contributed by atoms with Crippen LogP contribution in [0.5, 0.6) is 0 Å². The Morgan fingerprint density at radius 1 is 0.735 bits per heavy atom. The molecule has 4 aliphatic rings. The Labute approximate surface area is 226 Å². The largest absolute Gasteiger partial charge is 0.147 e. The van der Waals surface area contributed by atoms with Crippen LogP contribution in [0.4, 0.5) is 0 Å². The van der Waals surface area contributed by atoms with Crippen LogP contribution in [0.15, 0.2) is 47.6 Å². The number of hydrogen-bond donors (Lipinski definition) is 0. The molecule has 8 unspecified atom stereocenters. The first-order valence-electron chi connectivity index (χ1n) is 13.7. The first-order valence-corrected chi connectivity index (χ1v) is 27.4. The van der Waals surface area contributed by atoms with Gasteiger partial charge in [-0.05, 0) is 0 Å². The second-order valence-electron chi connectivity index (χ2n) is 14.0. The molecule has 0 N–H and O–H groups in total. The van der Waals surface area contributed by atoms with Crippen molar-refractivity contribution in [3.8, 4) is 0 Å². The van der Waals surface area contributed by atoms with E-state index in [4.69, 9.17) is 0 Å². The van der Waals surface area contributed by atoms with Crippen LogP contribution in [-0.2, 0) is 17.4 Å². The van der Waals surface area contributed by atoms with E-state index >= 15 is 0 Å². The van der Waals surface area contributed by atoms with Crippen LogP contribution in [0.2, 0.25) is 16.5 Å². The van der Waals surface area contributed by atoms with Gasteiger partial charge < -0.3 is 0 Å². The number of allylic oxidation sites excluding steroid dienone is 8. The molecule has 0 amide bonds. The molecule has 4 aliphatic carbocycles. The molecule has 0 bridgehead atoms. The summed E-state index contributed by atoms with van der Waals surface area (Å²) >= 11 is -3.18. The Balaban J connectivity index is 0.00000204. The number of fused-ring (bicyclic) bond motifs is 2. The van der Waals surface area contributed by atoms with Gasteiger partial charge in [-0.15, -0.1) is 24.8 Å². The topological polar surface area (TPSA) is 0 Å². The van der Waals surface area contributed by atoms with Crippen LogP contribution in [0.1, 0.15) is 67.2 Å². The predicted molar refractivity (Wildman–Crippen MR) is 157 cm³/mol. The zero-order valence-electron chi connectivity index (χ0n) is 23.1. The zero-order chi connectivity index (χ0) is 23.4. The van der Waals surface area contributed by atoms with Gasteiger partial charge in [-0.1, -0.05) is 0 Å².